The molecule has 1 fully saturated rings. The van der Waals surface area contributed by atoms with Crippen molar-refractivity contribution in [1.29, 1.82) is 0 Å². The number of fused-ring (bicyclic) bond motifs is 3. The fraction of sp³-hybridized carbons (Fsp3) is 0.238. The molecule has 1 N–H and O–H groups in total. The zero-order chi connectivity index (χ0) is 20.0. The summed E-state index contributed by atoms with van der Waals surface area (Å²) in [7, 11) is 1.57. The van der Waals surface area contributed by atoms with Crippen LogP contribution in [0, 0.1) is 0 Å². The standard InChI is InChI=1S/C21H19N5O3/c1-29-15-5-2-4-14(10-15)23-19(27)12-25-17-6-3-9-22-20(17)26-18(21(25)28)11-16(24-26)13-7-8-13/h2-6,9-11,13H,7-8,12H2,1H3,(H,23,27). The number of hydrogen-bond donors (Lipinski definition) is 1. The third kappa shape index (κ3) is 3.12. The Kier molecular flexibility index (Phi) is 4.04. The zero-order valence-corrected chi connectivity index (χ0v) is 15.8. The minimum absolute atomic E-state index is 0.126. The summed E-state index contributed by atoms with van der Waals surface area (Å²) in [5.74, 6) is 0.748. The molecule has 146 valence electrons. The second kappa shape index (κ2) is 6.73. The summed E-state index contributed by atoms with van der Waals surface area (Å²) in [6.45, 7) is -0.126. The van der Waals surface area contributed by atoms with Gasteiger partial charge in [-0.25, -0.2) is 9.50 Å². The molecular weight excluding hydrogens is 370 g/mol. The van der Waals surface area contributed by atoms with Crippen molar-refractivity contribution in [2.24, 2.45) is 0 Å². The fourth-order valence-electron chi connectivity index (χ4n) is 3.50. The number of anilines is 1. The van der Waals surface area contributed by atoms with Crippen LogP contribution in [-0.4, -0.2) is 32.2 Å². The van der Waals surface area contributed by atoms with Crippen LogP contribution in [0.3, 0.4) is 0 Å². The van der Waals surface area contributed by atoms with Gasteiger partial charge in [-0.1, -0.05) is 6.07 Å². The molecule has 0 saturated heterocycles. The van der Waals surface area contributed by atoms with Crippen LogP contribution in [0.2, 0.25) is 0 Å². The van der Waals surface area contributed by atoms with Gasteiger partial charge < -0.3 is 10.1 Å². The predicted octanol–water partition coefficient (Wildman–Crippen LogP) is 2.57. The largest absolute Gasteiger partial charge is 0.497 e. The van der Waals surface area contributed by atoms with Crippen molar-refractivity contribution in [3.8, 4) is 5.75 Å². The summed E-state index contributed by atoms with van der Waals surface area (Å²) in [6, 6.07) is 12.4. The minimum atomic E-state index is -0.309. The van der Waals surface area contributed by atoms with E-state index in [-0.39, 0.29) is 18.0 Å². The van der Waals surface area contributed by atoms with Crippen molar-refractivity contribution in [3.63, 3.8) is 0 Å². The van der Waals surface area contributed by atoms with E-state index in [9.17, 15) is 9.59 Å². The maximum atomic E-state index is 13.2. The molecule has 1 saturated carbocycles. The third-order valence-electron chi connectivity index (χ3n) is 5.10. The minimum Gasteiger partial charge on any atom is -0.497 e. The first-order valence-corrected chi connectivity index (χ1v) is 9.45. The van der Waals surface area contributed by atoms with Crippen molar-refractivity contribution in [2.75, 3.05) is 12.4 Å². The van der Waals surface area contributed by atoms with Crippen LogP contribution in [0.5, 0.6) is 5.75 Å². The Bertz CT molecular complexity index is 1300. The summed E-state index contributed by atoms with van der Waals surface area (Å²) >= 11 is 0. The van der Waals surface area contributed by atoms with Crippen molar-refractivity contribution in [2.45, 2.75) is 25.3 Å². The van der Waals surface area contributed by atoms with Gasteiger partial charge in [-0.3, -0.25) is 14.2 Å². The Morgan fingerprint density at radius 2 is 2.07 bits per heavy atom. The SMILES string of the molecule is COc1cccc(NC(=O)Cn2c(=O)c3cc(C4CC4)nn3c3ncccc32)c1. The second-order valence-electron chi connectivity index (χ2n) is 7.16. The Hall–Kier alpha value is -3.68. The average Bonchev–Trinajstić information content (AvgIpc) is 3.49. The Balaban J connectivity index is 1.55. The number of nitrogens with zero attached hydrogens (tertiary/aromatic N) is 4. The number of ether oxygens (including phenoxy) is 1. The molecule has 5 rings (SSSR count). The lowest BCUT2D eigenvalue weighted by atomic mass is 10.3. The first kappa shape index (κ1) is 17.4. The van der Waals surface area contributed by atoms with Gasteiger partial charge in [-0.2, -0.15) is 5.10 Å². The number of aromatic nitrogens is 4. The molecule has 1 aromatic carbocycles. The van der Waals surface area contributed by atoms with E-state index >= 15 is 0 Å². The number of carbonyl (C=O) groups excluding carboxylic acids is 1. The molecule has 3 heterocycles. The van der Waals surface area contributed by atoms with E-state index in [0.29, 0.717) is 34.0 Å². The van der Waals surface area contributed by atoms with E-state index in [0.717, 1.165) is 18.5 Å². The normalized spacial score (nSPS) is 13.7. The Morgan fingerprint density at radius 1 is 1.21 bits per heavy atom. The molecule has 8 heteroatoms. The molecule has 0 unspecified atom stereocenters. The highest BCUT2D eigenvalue weighted by Gasteiger charge is 2.28. The molecule has 8 nitrogen and oxygen atoms in total. The van der Waals surface area contributed by atoms with Crippen molar-refractivity contribution in [3.05, 3.63) is 64.7 Å². The lowest BCUT2D eigenvalue weighted by molar-refractivity contribution is -0.116. The number of rotatable bonds is 5. The zero-order valence-electron chi connectivity index (χ0n) is 15.8. The molecular formula is C21H19N5O3. The third-order valence-corrected chi connectivity index (χ3v) is 5.10. The van der Waals surface area contributed by atoms with E-state index in [2.05, 4.69) is 15.4 Å². The van der Waals surface area contributed by atoms with Crippen LogP contribution in [0.15, 0.2) is 53.5 Å². The molecule has 0 radical (unpaired) electrons. The molecule has 0 bridgehead atoms. The summed E-state index contributed by atoms with van der Waals surface area (Å²) < 4.78 is 8.23. The number of pyridine rings is 1. The van der Waals surface area contributed by atoms with Gasteiger partial charge in [0.05, 0.1) is 18.3 Å². The monoisotopic (exact) mass is 389 g/mol. The fourth-order valence-corrected chi connectivity index (χ4v) is 3.50. The van der Waals surface area contributed by atoms with E-state index in [1.807, 2.05) is 6.07 Å². The molecule has 0 atom stereocenters. The maximum absolute atomic E-state index is 13.2. The second-order valence-corrected chi connectivity index (χ2v) is 7.16. The van der Waals surface area contributed by atoms with Crippen LogP contribution in [0.4, 0.5) is 5.69 Å². The number of hydrogen-bond acceptors (Lipinski definition) is 5. The van der Waals surface area contributed by atoms with Gasteiger partial charge in [0.2, 0.25) is 5.91 Å². The summed E-state index contributed by atoms with van der Waals surface area (Å²) in [5.41, 5.74) is 2.82. The van der Waals surface area contributed by atoms with Gasteiger partial charge in [0.15, 0.2) is 5.65 Å². The molecule has 0 spiro atoms. The maximum Gasteiger partial charge on any atom is 0.277 e. The highest BCUT2D eigenvalue weighted by molar-refractivity contribution is 5.91. The number of methoxy groups -OCH3 is 1. The lowest BCUT2D eigenvalue weighted by Gasteiger charge is -2.12. The van der Waals surface area contributed by atoms with Gasteiger partial charge in [0, 0.05) is 23.9 Å². The summed E-state index contributed by atoms with van der Waals surface area (Å²) in [4.78, 5) is 30.3. The average molecular weight is 389 g/mol. The molecule has 4 aromatic rings. The smallest absolute Gasteiger partial charge is 0.277 e. The first-order valence-electron chi connectivity index (χ1n) is 9.45. The molecule has 1 aliphatic carbocycles. The van der Waals surface area contributed by atoms with Crippen molar-refractivity contribution >= 4 is 28.3 Å². The van der Waals surface area contributed by atoms with Gasteiger partial charge in [-0.05, 0) is 43.2 Å². The van der Waals surface area contributed by atoms with Crippen LogP contribution >= 0.6 is 0 Å². The quantitative estimate of drug-likeness (QED) is 0.567. The van der Waals surface area contributed by atoms with Crippen LogP contribution in [0.1, 0.15) is 24.5 Å². The topological polar surface area (TPSA) is 90.5 Å². The van der Waals surface area contributed by atoms with Crippen LogP contribution in [-0.2, 0) is 11.3 Å². The first-order chi connectivity index (χ1) is 14.1. The molecule has 29 heavy (non-hydrogen) atoms. The Morgan fingerprint density at radius 3 is 2.86 bits per heavy atom. The van der Waals surface area contributed by atoms with Crippen molar-refractivity contribution in [1.82, 2.24) is 19.2 Å². The van der Waals surface area contributed by atoms with Crippen LogP contribution < -0.4 is 15.6 Å². The molecule has 3 aromatic heterocycles. The van der Waals surface area contributed by atoms with E-state index in [1.165, 1.54) is 4.57 Å². The number of nitrogens with one attached hydrogen (secondary N) is 1. The van der Waals surface area contributed by atoms with Gasteiger partial charge >= 0.3 is 0 Å². The molecule has 0 aliphatic heterocycles. The number of carbonyl (C=O) groups is 1. The molecule has 1 amide bonds. The molecule has 1 aliphatic rings. The predicted molar refractivity (Wildman–Crippen MR) is 108 cm³/mol. The van der Waals surface area contributed by atoms with Crippen molar-refractivity contribution < 1.29 is 9.53 Å². The lowest BCUT2D eigenvalue weighted by Crippen LogP contribution is -2.29. The van der Waals surface area contributed by atoms with Gasteiger partial charge in [0.1, 0.15) is 17.8 Å². The highest BCUT2D eigenvalue weighted by Crippen LogP contribution is 2.39. The van der Waals surface area contributed by atoms with Gasteiger partial charge in [0.25, 0.3) is 5.56 Å². The summed E-state index contributed by atoms with van der Waals surface area (Å²) in [5, 5.41) is 7.41. The summed E-state index contributed by atoms with van der Waals surface area (Å²) in [6.07, 6.45) is 3.84. The van der Waals surface area contributed by atoms with E-state index in [1.54, 1.807) is 54.2 Å². The highest BCUT2D eigenvalue weighted by atomic mass is 16.5. The van der Waals surface area contributed by atoms with E-state index < -0.39 is 0 Å². The van der Waals surface area contributed by atoms with E-state index in [4.69, 9.17) is 4.74 Å². The van der Waals surface area contributed by atoms with Gasteiger partial charge in [-0.15, -0.1) is 0 Å². The number of amides is 1. The Labute approximate surface area is 165 Å². The number of benzene rings is 1. The van der Waals surface area contributed by atoms with Crippen LogP contribution in [0.25, 0.3) is 16.7 Å².